The van der Waals surface area contributed by atoms with Crippen LogP contribution in [0.4, 0.5) is 5.69 Å². The van der Waals surface area contributed by atoms with Crippen molar-refractivity contribution >= 4 is 40.2 Å². The number of aromatic nitrogens is 2. The summed E-state index contributed by atoms with van der Waals surface area (Å²) in [7, 11) is 1.48. The van der Waals surface area contributed by atoms with Gasteiger partial charge in [-0.05, 0) is 55.5 Å². The molecule has 4 rings (SSSR count). The molecule has 0 radical (unpaired) electrons. The molecule has 1 aromatic heterocycles. The number of anilines is 1. The number of halogens is 1. The smallest absolute Gasteiger partial charge is 0.338 e. The van der Waals surface area contributed by atoms with Gasteiger partial charge in [0.15, 0.2) is 6.61 Å². The minimum Gasteiger partial charge on any atom is -0.495 e. The summed E-state index contributed by atoms with van der Waals surface area (Å²) >= 11 is 5.96. The van der Waals surface area contributed by atoms with Gasteiger partial charge >= 0.3 is 5.97 Å². The highest BCUT2D eigenvalue weighted by Gasteiger charge is 2.15. The number of benzene rings is 3. The van der Waals surface area contributed by atoms with Crippen molar-refractivity contribution in [3.05, 3.63) is 83.1 Å². The summed E-state index contributed by atoms with van der Waals surface area (Å²) in [5.74, 6) is 0.117. The number of carbonyl (C=O) groups is 2. The van der Waals surface area contributed by atoms with Gasteiger partial charge in [0.2, 0.25) is 0 Å². The third-order valence-corrected chi connectivity index (χ3v) is 5.08. The Morgan fingerprint density at radius 2 is 1.84 bits per heavy atom. The fourth-order valence-corrected chi connectivity index (χ4v) is 3.58. The number of fused-ring (bicyclic) bond motifs is 1. The first-order chi connectivity index (χ1) is 15.5. The molecule has 0 bridgehead atoms. The molecule has 0 atom stereocenters. The first kappa shape index (κ1) is 21.4. The summed E-state index contributed by atoms with van der Waals surface area (Å²) in [6, 6.07) is 19.8. The van der Waals surface area contributed by atoms with Crippen molar-refractivity contribution in [3.8, 4) is 11.4 Å². The van der Waals surface area contributed by atoms with Gasteiger partial charge in [0.1, 0.15) is 11.6 Å². The highest BCUT2D eigenvalue weighted by atomic mass is 35.5. The van der Waals surface area contributed by atoms with E-state index in [2.05, 4.69) is 10.3 Å². The van der Waals surface area contributed by atoms with Gasteiger partial charge in [-0.2, -0.15) is 0 Å². The Balaban J connectivity index is 1.46. The van der Waals surface area contributed by atoms with E-state index >= 15 is 0 Å². The lowest BCUT2D eigenvalue weighted by atomic mass is 10.2. The second kappa shape index (κ2) is 9.11. The quantitative estimate of drug-likeness (QED) is 0.428. The highest BCUT2D eigenvalue weighted by Crippen LogP contribution is 2.27. The van der Waals surface area contributed by atoms with Crippen molar-refractivity contribution in [2.24, 2.45) is 0 Å². The SMILES string of the molecule is COc1ccc(Cl)cc1NC(=O)COC(=O)c1ccc2c(c1)nc(C)n2-c1ccccc1. The van der Waals surface area contributed by atoms with Crippen LogP contribution in [0.15, 0.2) is 66.7 Å². The summed E-state index contributed by atoms with van der Waals surface area (Å²) in [5.41, 5.74) is 3.22. The number of nitrogens with zero attached hydrogens (tertiary/aromatic N) is 2. The fourth-order valence-electron chi connectivity index (χ4n) is 3.41. The maximum atomic E-state index is 12.5. The molecule has 4 aromatic rings. The van der Waals surface area contributed by atoms with E-state index in [9.17, 15) is 9.59 Å². The maximum Gasteiger partial charge on any atom is 0.338 e. The van der Waals surface area contributed by atoms with Crippen LogP contribution in [-0.2, 0) is 9.53 Å². The minimum absolute atomic E-state index is 0.309. The van der Waals surface area contributed by atoms with Gasteiger partial charge < -0.3 is 14.8 Å². The lowest BCUT2D eigenvalue weighted by Gasteiger charge is -2.11. The number of aryl methyl sites for hydroxylation is 1. The summed E-state index contributed by atoms with van der Waals surface area (Å²) in [6.07, 6.45) is 0. The lowest BCUT2D eigenvalue weighted by molar-refractivity contribution is -0.119. The summed E-state index contributed by atoms with van der Waals surface area (Å²) < 4.78 is 12.4. The van der Waals surface area contributed by atoms with Crippen LogP contribution in [-0.4, -0.2) is 35.1 Å². The molecule has 0 spiro atoms. The monoisotopic (exact) mass is 449 g/mol. The zero-order chi connectivity index (χ0) is 22.7. The molecule has 1 heterocycles. The van der Waals surface area contributed by atoms with Gasteiger partial charge in [-0.1, -0.05) is 29.8 Å². The van der Waals surface area contributed by atoms with Crippen LogP contribution >= 0.6 is 11.6 Å². The van der Waals surface area contributed by atoms with Crippen molar-refractivity contribution in [2.75, 3.05) is 19.0 Å². The third-order valence-electron chi connectivity index (χ3n) is 4.84. The topological polar surface area (TPSA) is 82.4 Å². The standard InChI is InChI=1S/C24H20ClN3O4/c1-15-26-19-12-16(8-10-21(19)28(15)18-6-4-3-5-7-18)24(30)32-14-23(29)27-20-13-17(25)9-11-22(20)31-2/h3-13H,14H2,1-2H3,(H,27,29). The molecule has 8 heteroatoms. The normalized spacial score (nSPS) is 10.7. The number of methoxy groups -OCH3 is 1. The Morgan fingerprint density at radius 3 is 2.59 bits per heavy atom. The molecular weight excluding hydrogens is 430 g/mol. The number of hydrogen-bond acceptors (Lipinski definition) is 5. The third kappa shape index (κ3) is 4.43. The molecule has 0 fully saturated rings. The van der Waals surface area contributed by atoms with Crippen molar-refractivity contribution in [2.45, 2.75) is 6.92 Å². The molecule has 3 aromatic carbocycles. The molecule has 1 amide bonds. The molecule has 0 aliphatic heterocycles. The second-order valence-corrected chi connectivity index (χ2v) is 7.44. The first-order valence-corrected chi connectivity index (χ1v) is 10.2. The molecule has 0 aliphatic rings. The van der Waals surface area contributed by atoms with Crippen LogP contribution in [0.3, 0.4) is 0 Å². The van der Waals surface area contributed by atoms with E-state index in [1.165, 1.54) is 7.11 Å². The number of para-hydroxylation sites is 1. The van der Waals surface area contributed by atoms with E-state index in [4.69, 9.17) is 21.1 Å². The second-order valence-electron chi connectivity index (χ2n) is 7.00. The number of amides is 1. The van der Waals surface area contributed by atoms with Crippen LogP contribution in [0.5, 0.6) is 5.75 Å². The van der Waals surface area contributed by atoms with Gasteiger partial charge in [0.05, 0.1) is 29.4 Å². The fraction of sp³-hybridized carbons (Fsp3) is 0.125. The number of hydrogen-bond donors (Lipinski definition) is 1. The first-order valence-electron chi connectivity index (χ1n) is 9.81. The number of nitrogens with one attached hydrogen (secondary N) is 1. The molecule has 7 nitrogen and oxygen atoms in total. The van der Waals surface area contributed by atoms with E-state index in [1.54, 1.807) is 30.3 Å². The van der Waals surface area contributed by atoms with Gasteiger partial charge in [-0.15, -0.1) is 0 Å². The molecule has 0 saturated heterocycles. The number of carbonyl (C=O) groups excluding carboxylic acids is 2. The Labute approximate surface area is 189 Å². The number of imidazole rings is 1. The van der Waals surface area contributed by atoms with Crippen molar-refractivity contribution in [1.82, 2.24) is 9.55 Å². The number of rotatable bonds is 6. The van der Waals surface area contributed by atoms with Gasteiger partial charge in [-0.25, -0.2) is 9.78 Å². The van der Waals surface area contributed by atoms with Crippen LogP contribution in [0.25, 0.3) is 16.7 Å². The van der Waals surface area contributed by atoms with Crippen LogP contribution in [0.2, 0.25) is 5.02 Å². The molecule has 0 aliphatic carbocycles. The van der Waals surface area contributed by atoms with Crippen LogP contribution in [0.1, 0.15) is 16.2 Å². The van der Waals surface area contributed by atoms with Gasteiger partial charge in [0, 0.05) is 10.7 Å². The Hall–Kier alpha value is -3.84. The van der Waals surface area contributed by atoms with E-state index in [-0.39, 0.29) is 0 Å². The molecule has 0 unspecified atom stereocenters. The molecule has 32 heavy (non-hydrogen) atoms. The zero-order valence-corrected chi connectivity index (χ0v) is 18.2. The average Bonchev–Trinajstić information content (AvgIpc) is 3.13. The number of esters is 1. The van der Waals surface area contributed by atoms with Gasteiger partial charge in [-0.3, -0.25) is 9.36 Å². The zero-order valence-electron chi connectivity index (χ0n) is 17.5. The summed E-state index contributed by atoms with van der Waals surface area (Å²) in [4.78, 5) is 29.3. The largest absolute Gasteiger partial charge is 0.495 e. The Bertz CT molecular complexity index is 1300. The molecule has 162 valence electrons. The number of ether oxygens (including phenoxy) is 2. The summed E-state index contributed by atoms with van der Waals surface area (Å²) in [6.45, 7) is 1.45. The maximum absolute atomic E-state index is 12.5. The van der Waals surface area contributed by atoms with E-state index in [0.717, 1.165) is 17.0 Å². The molecular formula is C24H20ClN3O4. The minimum atomic E-state index is -0.618. The van der Waals surface area contributed by atoms with Crippen LogP contribution < -0.4 is 10.1 Å². The average molecular weight is 450 g/mol. The lowest BCUT2D eigenvalue weighted by Crippen LogP contribution is -2.21. The van der Waals surface area contributed by atoms with Crippen molar-refractivity contribution < 1.29 is 19.1 Å². The molecule has 1 N–H and O–H groups in total. The van der Waals surface area contributed by atoms with Crippen molar-refractivity contribution in [3.63, 3.8) is 0 Å². The van der Waals surface area contributed by atoms with E-state index < -0.39 is 18.5 Å². The van der Waals surface area contributed by atoms with E-state index in [0.29, 0.717) is 27.5 Å². The highest BCUT2D eigenvalue weighted by molar-refractivity contribution is 6.31. The Kier molecular flexibility index (Phi) is 6.09. The summed E-state index contributed by atoms with van der Waals surface area (Å²) in [5, 5.41) is 3.07. The predicted octanol–water partition coefficient (Wildman–Crippen LogP) is 4.79. The van der Waals surface area contributed by atoms with Crippen molar-refractivity contribution in [1.29, 1.82) is 0 Å². The predicted molar refractivity (Wildman–Crippen MR) is 123 cm³/mol. The Morgan fingerprint density at radius 1 is 1.06 bits per heavy atom. The molecule has 0 saturated carbocycles. The van der Waals surface area contributed by atoms with E-state index in [1.807, 2.05) is 47.9 Å². The van der Waals surface area contributed by atoms with Gasteiger partial charge in [0.25, 0.3) is 5.91 Å². The van der Waals surface area contributed by atoms with Crippen LogP contribution in [0, 0.1) is 6.92 Å².